The van der Waals surface area contributed by atoms with Crippen LogP contribution in [0.1, 0.15) is 21.5 Å². The number of carbonyl (C=O) groups excluding carboxylic acids is 1. The van der Waals surface area contributed by atoms with Gasteiger partial charge in [-0.15, -0.1) is 0 Å². The third-order valence-corrected chi connectivity index (χ3v) is 4.16. The molecule has 3 aromatic rings. The largest absolute Gasteiger partial charge is 0.337 e. The Morgan fingerprint density at radius 3 is 2.42 bits per heavy atom. The van der Waals surface area contributed by atoms with Crippen LogP contribution in [0.5, 0.6) is 0 Å². The minimum absolute atomic E-state index is 0.0715. The topological polar surface area (TPSA) is 42.3 Å². The van der Waals surface area contributed by atoms with Gasteiger partial charge in [0.1, 0.15) is 11.4 Å². The zero-order chi connectivity index (χ0) is 18.5. The number of nitrogens with zero attached hydrogens (tertiary/aromatic N) is 2. The maximum Gasteiger partial charge on any atom is 0.263 e. The number of aromatic nitrogens is 1. The molecule has 0 atom stereocenters. The summed E-state index contributed by atoms with van der Waals surface area (Å²) in [5.41, 5.74) is 1.09. The minimum Gasteiger partial charge on any atom is -0.337 e. The maximum atomic E-state index is 13.8. The average molecular weight is 350 g/mol. The molecule has 3 rings (SSSR count). The van der Waals surface area contributed by atoms with Gasteiger partial charge in [-0.1, -0.05) is 48.5 Å². The van der Waals surface area contributed by atoms with E-state index in [4.69, 9.17) is 0 Å². The van der Waals surface area contributed by atoms with Crippen molar-refractivity contribution in [3.8, 4) is 0 Å². The summed E-state index contributed by atoms with van der Waals surface area (Å²) in [7, 11) is 1.56. The van der Waals surface area contributed by atoms with Crippen LogP contribution in [0.15, 0.2) is 77.7 Å². The lowest BCUT2D eigenvalue weighted by molar-refractivity contribution is 0.0781. The molecule has 0 aliphatic rings. The molecule has 0 spiro atoms. The summed E-state index contributed by atoms with van der Waals surface area (Å²) < 4.78 is 15.3. The summed E-state index contributed by atoms with van der Waals surface area (Å²) in [5.74, 6) is -0.803. The van der Waals surface area contributed by atoms with E-state index in [2.05, 4.69) is 0 Å². The molecule has 1 heterocycles. The molecule has 0 fully saturated rings. The highest BCUT2D eigenvalue weighted by atomic mass is 19.1. The number of rotatable bonds is 5. The second kappa shape index (κ2) is 7.78. The summed E-state index contributed by atoms with van der Waals surface area (Å²) in [5, 5.41) is 0. The fourth-order valence-corrected chi connectivity index (χ4v) is 2.76. The molecule has 132 valence electrons. The highest BCUT2D eigenvalue weighted by Gasteiger charge is 2.18. The second-order valence-electron chi connectivity index (χ2n) is 6.09. The van der Waals surface area contributed by atoms with Crippen molar-refractivity contribution in [2.24, 2.45) is 0 Å². The van der Waals surface area contributed by atoms with Gasteiger partial charge in [0.05, 0.1) is 6.54 Å². The molecule has 5 heteroatoms. The van der Waals surface area contributed by atoms with E-state index in [1.165, 1.54) is 21.6 Å². The molecule has 0 saturated heterocycles. The van der Waals surface area contributed by atoms with Crippen molar-refractivity contribution in [3.05, 3.63) is 106 Å². The number of benzene rings is 2. The number of carbonyl (C=O) groups is 1. The second-order valence-corrected chi connectivity index (χ2v) is 6.09. The Balaban J connectivity index is 1.82. The molecule has 0 aliphatic heterocycles. The van der Waals surface area contributed by atoms with Gasteiger partial charge in [-0.05, 0) is 23.8 Å². The lowest BCUT2D eigenvalue weighted by Crippen LogP contribution is -2.34. The van der Waals surface area contributed by atoms with Crippen LogP contribution in [-0.2, 0) is 13.1 Å². The van der Waals surface area contributed by atoms with Crippen molar-refractivity contribution in [2.75, 3.05) is 7.05 Å². The van der Waals surface area contributed by atoms with Crippen LogP contribution in [0.2, 0.25) is 0 Å². The minimum atomic E-state index is -0.430. The Morgan fingerprint density at radius 2 is 1.69 bits per heavy atom. The fraction of sp³-hybridized carbons (Fsp3) is 0.143. The molecular weight excluding hydrogens is 331 g/mol. The molecule has 0 aliphatic carbocycles. The fourth-order valence-electron chi connectivity index (χ4n) is 2.76. The summed E-state index contributed by atoms with van der Waals surface area (Å²) in [6.45, 7) is 0.482. The zero-order valence-electron chi connectivity index (χ0n) is 14.4. The van der Waals surface area contributed by atoms with Gasteiger partial charge in [-0.3, -0.25) is 9.59 Å². The van der Waals surface area contributed by atoms with Crippen LogP contribution in [0.4, 0.5) is 4.39 Å². The van der Waals surface area contributed by atoms with Crippen LogP contribution in [-0.4, -0.2) is 22.4 Å². The maximum absolute atomic E-state index is 13.8. The molecule has 0 saturated carbocycles. The van der Waals surface area contributed by atoms with Gasteiger partial charge in [0.2, 0.25) is 0 Å². The van der Waals surface area contributed by atoms with Crippen molar-refractivity contribution >= 4 is 5.91 Å². The predicted octanol–water partition coefficient (Wildman–Crippen LogP) is 3.31. The number of pyridine rings is 1. The average Bonchev–Trinajstić information content (AvgIpc) is 2.65. The summed E-state index contributed by atoms with van der Waals surface area (Å²) in [6, 6.07) is 19.0. The molecule has 26 heavy (non-hydrogen) atoms. The Morgan fingerprint density at radius 1 is 1.00 bits per heavy atom. The van der Waals surface area contributed by atoms with Crippen LogP contribution in [0.3, 0.4) is 0 Å². The van der Waals surface area contributed by atoms with E-state index in [9.17, 15) is 14.0 Å². The van der Waals surface area contributed by atoms with Crippen molar-refractivity contribution in [3.63, 3.8) is 0 Å². The SMILES string of the molecule is CN(Cc1ccccc1F)C(=O)c1cccn(Cc2ccccc2)c1=O. The van der Waals surface area contributed by atoms with E-state index in [0.29, 0.717) is 12.1 Å². The molecule has 1 amide bonds. The van der Waals surface area contributed by atoms with E-state index in [0.717, 1.165) is 5.56 Å². The Kier molecular flexibility index (Phi) is 5.27. The van der Waals surface area contributed by atoms with Crippen LogP contribution < -0.4 is 5.56 Å². The molecule has 0 N–H and O–H groups in total. The lowest BCUT2D eigenvalue weighted by Gasteiger charge is -2.18. The Labute approximate surface area is 151 Å². The molecule has 0 bridgehead atoms. The first kappa shape index (κ1) is 17.6. The highest BCUT2D eigenvalue weighted by molar-refractivity contribution is 5.93. The van der Waals surface area contributed by atoms with Crippen LogP contribution in [0, 0.1) is 5.82 Å². The number of amides is 1. The standard InChI is InChI=1S/C21H19FN2O2/c1-23(15-17-10-5-6-12-19(17)22)20(25)18-11-7-13-24(21(18)26)14-16-8-3-2-4-9-16/h2-13H,14-15H2,1H3. The molecule has 4 nitrogen and oxygen atoms in total. The first-order valence-corrected chi connectivity index (χ1v) is 8.28. The Hall–Kier alpha value is -3.21. The van der Waals surface area contributed by atoms with Crippen LogP contribution in [0.25, 0.3) is 0 Å². The quantitative estimate of drug-likeness (QED) is 0.708. The highest BCUT2D eigenvalue weighted by Crippen LogP contribution is 2.10. The van der Waals surface area contributed by atoms with E-state index in [1.807, 2.05) is 30.3 Å². The monoisotopic (exact) mass is 350 g/mol. The van der Waals surface area contributed by atoms with Gasteiger partial charge in [-0.25, -0.2) is 4.39 Å². The zero-order valence-corrected chi connectivity index (χ0v) is 14.4. The van der Waals surface area contributed by atoms with Gasteiger partial charge in [0.25, 0.3) is 11.5 Å². The van der Waals surface area contributed by atoms with Crippen LogP contribution >= 0.6 is 0 Å². The summed E-state index contributed by atoms with van der Waals surface area (Å²) in [4.78, 5) is 26.7. The van der Waals surface area contributed by atoms with Crippen molar-refractivity contribution in [1.29, 1.82) is 0 Å². The van der Waals surface area contributed by atoms with E-state index in [1.54, 1.807) is 37.5 Å². The van der Waals surface area contributed by atoms with Crippen molar-refractivity contribution < 1.29 is 9.18 Å². The van der Waals surface area contributed by atoms with Crippen molar-refractivity contribution in [1.82, 2.24) is 9.47 Å². The van der Waals surface area contributed by atoms with Gasteiger partial charge in [0.15, 0.2) is 0 Å². The normalized spacial score (nSPS) is 10.5. The smallest absolute Gasteiger partial charge is 0.263 e. The molecular formula is C21H19FN2O2. The third-order valence-electron chi connectivity index (χ3n) is 4.16. The number of hydrogen-bond donors (Lipinski definition) is 0. The first-order valence-electron chi connectivity index (χ1n) is 8.28. The van der Waals surface area contributed by atoms with E-state index < -0.39 is 5.91 Å². The molecule has 0 radical (unpaired) electrons. The Bertz CT molecular complexity index is 967. The number of hydrogen-bond acceptors (Lipinski definition) is 2. The van der Waals surface area contributed by atoms with Gasteiger partial charge >= 0.3 is 0 Å². The van der Waals surface area contributed by atoms with Gasteiger partial charge in [-0.2, -0.15) is 0 Å². The predicted molar refractivity (Wildman–Crippen MR) is 98.4 cm³/mol. The van der Waals surface area contributed by atoms with Gasteiger partial charge < -0.3 is 9.47 Å². The molecule has 2 aromatic carbocycles. The summed E-state index contributed by atoms with van der Waals surface area (Å²) in [6.07, 6.45) is 1.66. The number of halogens is 1. The lowest BCUT2D eigenvalue weighted by atomic mass is 10.1. The van der Waals surface area contributed by atoms with Gasteiger partial charge in [0, 0.05) is 25.4 Å². The van der Waals surface area contributed by atoms with E-state index >= 15 is 0 Å². The molecule has 1 aromatic heterocycles. The van der Waals surface area contributed by atoms with Crippen molar-refractivity contribution in [2.45, 2.75) is 13.1 Å². The van der Waals surface area contributed by atoms with E-state index in [-0.39, 0.29) is 23.5 Å². The first-order chi connectivity index (χ1) is 12.6. The summed E-state index contributed by atoms with van der Waals surface area (Å²) >= 11 is 0. The molecule has 0 unspecified atom stereocenters. The third kappa shape index (κ3) is 3.88.